The molecule has 5 aliphatic heterocycles. The zero-order valence-corrected chi connectivity index (χ0v) is 47.1. The fraction of sp³-hybridized carbons (Fsp3) is 0.460. The topological polar surface area (TPSA) is 225 Å². The van der Waals surface area contributed by atoms with Gasteiger partial charge in [-0.1, -0.05) is 41.5 Å². The molecule has 1 spiro atoms. The molecule has 0 bridgehead atoms. The van der Waals surface area contributed by atoms with Gasteiger partial charge in [0.1, 0.15) is 62.6 Å². The van der Waals surface area contributed by atoms with Gasteiger partial charge in [-0.25, -0.2) is 9.59 Å². The van der Waals surface area contributed by atoms with Crippen molar-refractivity contribution < 1.29 is 73.1 Å². The number of ketones is 2. The minimum atomic E-state index is -2.16. The van der Waals surface area contributed by atoms with Crippen LogP contribution in [-0.2, 0) is 33.6 Å². The molecule has 15 nitrogen and oxygen atoms in total. The highest BCUT2D eigenvalue weighted by Crippen LogP contribution is 2.64. The molecule has 5 N–H and O–H groups in total. The lowest BCUT2D eigenvalue weighted by atomic mass is 9.60. The van der Waals surface area contributed by atoms with Crippen molar-refractivity contribution in [3.8, 4) is 40.2 Å². The summed E-state index contributed by atoms with van der Waals surface area (Å²) in [6, 6.07) is 6.72. The van der Waals surface area contributed by atoms with E-state index >= 15 is 0 Å². The Hall–Kier alpha value is -7.10. The summed E-state index contributed by atoms with van der Waals surface area (Å²) in [4.78, 5) is 53.1. The van der Waals surface area contributed by atoms with Gasteiger partial charge in [-0.2, -0.15) is 0 Å². The second-order valence-corrected chi connectivity index (χ2v) is 23.7. The van der Waals surface area contributed by atoms with E-state index in [4.69, 9.17) is 28.4 Å². The summed E-state index contributed by atoms with van der Waals surface area (Å²) >= 11 is 0. The van der Waals surface area contributed by atoms with Crippen LogP contribution in [0.25, 0.3) is 12.2 Å². The third-order valence-corrected chi connectivity index (χ3v) is 15.9. The van der Waals surface area contributed by atoms with Crippen LogP contribution in [-0.4, -0.2) is 95.9 Å². The summed E-state index contributed by atoms with van der Waals surface area (Å²) in [5, 5.41) is 53.2. The summed E-state index contributed by atoms with van der Waals surface area (Å²) in [6.45, 7) is 22.4. The number of carboxylic acids is 2. The third kappa shape index (κ3) is 10.2. The summed E-state index contributed by atoms with van der Waals surface area (Å²) in [6.07, 6.45) is 16.7. The average molecular weight is 1070 g/mol. The number of Topliss-reactive ketones (excluding diaryl/α,β-unsaturated/α-hetero) is 2. The van der Waals surface area contributed by atoms with Crippen LogP contribution in [0.15, 0.2) is 83.0 Å². The molecule has 6 aliphatic rings. The number of phenols is 2. The first-order valence-electron chi connectivity index (χ1n) is 26.6. The van der Waals surface area contributed by atoms with Crippen LogP contribution in [0.3, 0.4) is 0 Å². The molecule has 5 heterocycles. The Labute approximate surface area is 456 Å². The third-order valence-electron chi connectivity index (χ3n) is 15.9. The van der Waals surface area contributed by atoms with E-state index in [0.717, 1.165) is 17.6 Å². The van der Waals surface area contributed by atoms with Crippen LogP contribution in [0.2, 0.25) is 0 Å². The first-order chi connectivity index (χ1) is 36.4. The molecule has 1 saturated heterocycles. The highest BCUT2D eigenvalue weighted by molar-refractivity contribution is 6.17. The van der Waals surface area contributed by atoms with Crippen LogP contribution in [0, 0.1) is 5.92 Å². The number of fused-ring (bicyclic) bond motifs is 4. The van der Waals surface area contributed by atoms with E-state index in [1.54, 1.807) is 53.0 Å². The number of methoxy groups -OCH3 is 1. The summed E-state index contributed by atoms with van der Waals surface area (Å²) < 4.78 is 37.7. The Morgan fingerprint density at radius 3 is 2.15 bits per heavy atom. The molecule has 78 heavy (non-hydrogen) atoms. The number of aliphatic hydroxyl groups excluding tert-OH is 1. The van der Waals surface area contributed by atoms with E-state index in [9.17, 15) is 44.7 Å². The number of hydrogen-bond donors (Lipinski definition) is 5. The fourth-order valence-corrected chi connectivity index (χ4v) is 11.7. The Morgan fingerprint density at radius 1 is 0.808 bits per heavy atom. The molecular weight excluding hydrogens is 997 g/mol. The standard InChI is InChI=1S/C38H46O9.C25H28O6/c1-21(2)11-10-18-36(8)19-17-24-29(39)28-30(40)26-12-9-13-27-35(6,7)47-37(34(43)44,20-16-23(5)33(41)42)38(26,27)46-32(28)25(31(24)45-36)15-14-22(3)4;1-24(2)9-8-16-20(30-24)7-6-14(23(16)29-5)11-18(26)17-10-15-12-22(28)25(3,4)31-21(15)13-19(17)27/h11-12,14,16-17,19,27,39H,9-10,13,15,18,20H2,1-8H3,(H,41,42)(H,43,44);6-10,13,22,27-28H,11-12H2,1-5H3. The molecular formula is C63H74O15. The number of carboxylic acid groups (broad SMARTS) is 2. The first kappa shape index (κ1) is 57.1. The van der Waals surface area contributed by atoms with Gasteiger partial charge in [0.25, 0.3) is 0 Å². The molecule has 9 rings (SSSR count). The van der Waals surface area contributed by atoms with Gasteiger partial charge >= 0.3 is 11.9 Å². The van der Waals surface area contributed by atoms with Crippen LogP contribution in [0.1, 0.15) is 164 Å². The molecule has 0 amide bonds. The Bertz CT molecular complexity index is 3190. The van der Waals surface area contributed by atoms with Crippen LogP contribution in [0.5, 0.6) is 40.2 Å². The number of aliphatic carboxylic acids is 2. The van der Waals surface area contributed by atoms with Crippen LogP contribution in [0.4, 0.5) is 0 Å². The van der Waals surface area contributed by atoms with Gasteiger partial charge in [-0.3, -0.25) is 9.59 Å². The highest BCUT2D eigenvalue weighted by atomic mass is 16.6. The molecule has 1 aliphatic carbocycles. The zero-order valence-electron chi connectivity index (χ0n) is 47.1. The number of rotatable bonds is 13. The van der Waals surface area contributed by atoms with E-state index in [1.807, 2.05) is 84.9 Å². The van der Waals surface area contributed by atoms with Gasteiger partial charge < -0.3 is 54.0 Å². The monoisotopic (exact) mass is 1070 g/mol. The van der Waals surface area contributed by atoms with Crippen LogP contribution < -0.4 is 23.7 Å². The SMILES string of the molecule is CC(C)=CCCC1(C)C=Cc2c(O)c3c(c(CC=C(C)C)c2O1)OC12C(=CCCC1C(C)(C)OC2(CC=C(C)C(=O)O)C(=O)O)C3=O.COc1c(CC(=O)c2cc3c(cc2O)OC(C)(C)C(O)C3)ccc2c1C=CC(C)(C)O2. The molecule has 1 fully saturated rings. The fourth-order valence-electron chi connectivity index (χ4n) is 11.7. The summed E-state index contributed by atoms with van der Waals surface area (Å²) in [7, 11) is 1.56. The molecule has 15 heteroatoms. The number of allylic oxidation sites excluding steroid dienone is 5. The number of carbonyl (C=O) groups is 4. The van der Waals surface area contributed by atoms with E-state index in [-0.39, 0.29) is 58.1 Å². The second-order valence-electron chi connectivity index (χ2n) is 23.7. The number of carbonyl (C=O) groups excluding carboxylic acids is 2. The van der Waals surface area contributed by atoms with Gasteiger partial charge in [0.15, 0.2) is 17.2 Å². The van der Waals surface area contributed by atoms with Gasteiger partial charge in [-0.05, 0) is 157 Å². The summed E-state index contributed by atoms with van der Waals surface area (Å²) in [5.41, 5.74) is -1.45. The van der Waals surface area contributed by atoms with Crippen molar-refractivity contribution in [2.24, 2.45) is 5.92 Å². The van der Waals surface area contributed by atoms with E-state index in [2.05, 4.69) is 6.08 Å². The minimum absolute atomic E-state index is 0.0407. The summed E-state index contributed by atoms with van der Waals surface area (Å²) in [5.74, 6) is -2.16. The van der Waals surface area contributed by atoms with E-state index in [1.165, 1.54) is 24.6 Å². The van der Waals surface area contributed by atoms with E-state index in [0.29, 0.717) is 77.4 Å². The van der Waals surface area contributed by atoms with Crippen molar-refractivity contribution in [3.63, 3.8) is 0 Å². The Kier molecular flexibility index (Phi) is 15.1. The maximum absolute atomic E-state index is 14.7. The Morgan fingerprint density at radius 2 is 1.50 bits per heavy atom. The van der Waals surface area contributed by atoms with Crippen molar-refractivity contribution in [1.82, 2.24) is 0 Å². The lowest BCUT2D eigenvalue weighted by Gasteiger charge is -2.50. The minimum Gasteiger partial charge on any atom is -0.507 e. The van der Waals surface area contributed by atoms with E-state index < -0.39 is 63.4 Å². The second kappa shape index (κ2) is 20.6. The maximum Gasteiger partial charge on any atom is 0.340 e. The molecule has 3 aromatic carbocycles. The number of aliphatic hydroxyl groups is 1. The van der Waals surface area contributed by atoms with Gasteiger partial charge in [0.2, 0.25) is 5.60 Å². The predicted molar refractivity (Wildman–Crippen MR) is 295 cm³/mol. The molecule has 5 unspecified atom stereocenters. The van der Waals surface area contributed by atoms with Crippen molar-refractivity contribution in [1.29, 1.82) is 0 Å². The number of ether oxygens (including phenoxy) is 6. The number of hydrogen-bond acceptors (Lipinski definition) is 13. The first-order valence-corrected chi connectivity index (χ1v) is 26.6. The van der Waals surface area contributed by atoms with Gasteiger partial charge in [-0.15, -0.1) is 0 Å². The van der Waals surface area contributed by atoms with Gasteiger partial charge in [0.05, 0.1) is 35.5 Å². The number of benzene rings is 3. The number of phenolic OH excluding ortho intramolecular Hbond substituents is 2. The molecule has 5 atom stereocenters. The molecule has 416 valence electrons. The van der Waals surface area contributed by atoms with Crippen molar-refractivity contribution in [2.45, 2.75) is 174 Å². The lowest BCUT2D eigenvalue weighted by Crippen LogP contribution is -2.66. The van der Waals surface area contributed by atoms with Crippen molar-refractivity contribution in [2.75, 3.05) is 7.11 Å². The number of aromatic hydroxyl groups is 2. The predicted octanol–water partition coefficient (Wildman–Crippen LogP) is 11.6. The zero-order chi connectivity index (χ0) is 57.2. The highest BCUT2D eigenvalue weighted by Gasteiger charge is 2.77. The maximum atomic E-state index is 14.7. The molecule has 0 aromatic heterocycles. The molecule has 3 aromatic rings. The van der Waals surface area contributed by atoms with Crippen molar-refractivity contribution >= 4 is 35.7 Å². The van der Waals surface area contributed by atoms with Crippen LogP contribution >= 0.6 is 0 Å². The smallest absolute Gasteiger partial charge is 0.340 e. The normalized spacial score (nSPS) is 25.1. The largest absolute Gasteiger partial charge is 0.507 e. The van der Waals surface area contributed by atoms with Gasteiger partial charge in [0, 0.05) is 53.5 Å². The van der Waals surface area contributed by atoms with Crippen molar-refractivity contribution in [3.05, 3.63) is 122 Å². The molecule has 0 saturated carbocycles. The molecule has 0 radical (unpaired) electrons. The average Bonchev–Trinajstić information content (AvgIpc) is 2.10. The lowest BCUT2D eigenvalue weighted by molar-refractivity contribution is -0.184. The quantitative estimate of drug-likeness (QED) is 0.0610. The Balaban J connectivity index is 0.000000224.